The second-order valence-electron chi connectivity index (χ2n) is 7.68. The molecule has 0 saturated carbocycles. The van der Waals surface area contributed by atoms with Gasteiger partial charge in [0.15, 0.2) is 11.0 Å². The number of carbonyl (C=O) groups is 1. The van der Waals surface area contributed by atoms with Gasteiger partial charge < -0.3 is 14.4 Å². The highest BCUT2D eigenvalue weighted by Gasteiger charge is 2.37. The Balaban J connectivity index is 1.59. The molecule has 0 spiro atoms. The number of benzene rings is 1. The molecule has 0 N–H and O–H groups in total. The standard InChI is InChI=1S/C21H23N7OS/c1-13-24-25-18(26(13)2)14-6-4-7-15(10-14)28-12-16-8-5-9-27(16)19-17(20(28)29)11-22-21(23-19)30-3/h4,6-7,10-11,16H,5,8-9,12H2,1-3H3/t16-/m0/s1. The van der Waals surface area contributed by atoms with Crippen LogP contribution < -0.4 is 9.80 Å². The molecule has 0 radical (unpaired) electrons. The lowest BCUT2D eigenvalue weighted by Crippen LogP contribution is -2.39. The molecule has 30 heavy (non-hydrogen) atoms. The number of anilines is 2. The van der Waals surface area contributed by atoms with Gasteiger partial charge in [0.25, 0.3) is 5.91 Å². The van der Waals surface area contributed by atoms with E-state index in [4.69, 9.17) is 4.98 Å². The molecule has 9 heteroatoms. The van der Waals surface area contributed by atoms with Gasteiger partial charge in [-0.15, -0.1) is 10.2 Å². The minimum absolute atomic E-state index is 0.0571. The fourth-order valence-electron chi connectivity index (χ4n) is 4.26. The topological polar surface area (TPSA) is 80.0 Å². The number of thioether (sulfide) groups is 1. The number of fused-ring (bicyclic) bond motifs is 3. The van der Waals surface area contributed by atoms with Crippen LogP contribution in [0.3, 0.4) is 0 Å². The van der Waals surface area contributed by atoms with Gasteiger partial charge in [0.2, 0.25) is 0 Å². The van der Waals surface area contributed by atoms with Crippen molar-refractivity contribution < 1.29 is 4.79 Å². The van der Waals surface area contributed by atoms with Crippen LogP contribution in [0.2, 0.25) is 0 Å². The van der Waals surface area contributed by atoms with E-state index in [1.807, 2.05) is 54.0 Å². The molecule has 2 aromatic heterocycles. The molecule has 8 nitrogen and oxygen atoms in total. The fraction of sp³-hybridized carbons (Fsp3) is 0.381. The molecular weight excluding hydrogens is 398 g/mol. The number of aromatic nitrogens is 5. The molecule has 2 aliphatic heterocycles. The maximum atomic E-state index is 13.6. The first-order valence-electron chi connectivity index (χ1n) is 10.0. The van der Waals surface area contributed by atoms with Crippen LogP contribution in [0.5, 0.6) is 0 Å². The smallest absolute Gasteiger partial charge is 0.263 e. The zero-order chi connectivity index (χ0) is 20.8. The number of hydrogen-bond donors (Lipinski definition) is 0. The van der Waals surface area contributed by atoms with Crippen molar-refractivity contribution >= 4 is 29.2 Å². The SMILES string of the molecule is CSc1ncc2c(n1)N1CCC[C@H]1CN(c1cccc(-c3nnc(C)n3C)c1)C2=O. The van der Waals surface area contributed by atoms with Crippen molar-refractivity contribution in [2.45, 2.75) is 31.0 Å². The van der Waals surface area contributed by atoms with Crippen molar-refractivity contribution in [1.29, 1.82) is 0 Å². The average Bonchev–Trinajstić information content (AvgIpc) is 3.35. The van der Waals surface area contributed by atoms with Crippen LogP contribution in [0.1, 0.15) is 29.0 Å². The van der Waals surface area contributed by atoms with Crippen LogP contribution in [0, 0.1) is 6.92 Å². The summed E-state index contributed by atoms with van der Waals surface area (Å²) in [6.45, 7) is 3.47. The molecule has 1 saturated heterocycles. The van der Waals surface area contributed by atoms with E-state index < -0.39 is 0 Å². The normalized spacial score (nSPS) is 18.4. The molecule has 1 atom stereocenters. The molecule has 0 unspecified atom stereocenters. The molecule has 5 rings (SSSR count). The second kappa shape index (κ2) is 7.39. The summed E-state index contributed by atoms with van der Waals surface area (Å²) < 4.78 is 1.95. The molecule has 3 aromatic rings. The largest absolute Gasteiger partial charge is 0.351 e. The van der Waals surface area contributed by atoms with Gasteiger partial charge in [0.1, 0.15) is 17.2 Å². The van der Waals surface area contributed by atoms with Crippen molar-refractivity contribution in [2.75, 3.05) is 29.1 Å². The maximum absolute atomic E-state index is 13.6. The molecule has 1 fully saturated rings. The van der Waals surface area contributed by atoms with E-state index >= 15 is 0 Å². The molecular formula is C21H23N7OS. The Morgan fingerprint density at radius 3 is 2.87 bits per heavy atom. The second-order valence-corrected chi connectivity index (χ2v) is 8.45. The van der Waals surface area contributed by atoms with Crippen LogP contribution in [-0.2, 0) is 7.05 Å². The van der Waals surface area contributed by atoms with E-state index in [0.29, 0.717) is 17.3 Å². The van der Waals surface area contributed by atoms with Crippen LogP contribution in [0.15, 0.2) is 35.6 Å². The van der Waals surface area contributed by atoms with E-state index in [1.165, 1.54) is 11.8 Å². The molecule has 1 amide bonds. The summed E-state index contributed by atoms with van der Waals surface area (Å²) >= 11 is 1.49. The van der Waals surface area contributed by atoms with Crippen molar-refractivity contribution in [1.82, 2.24) is 24.7 Å². The summed E-state index contributed by atoms with van der Waals surface area (Å²) in [6.07, 6.45) is 5.78. The zero-order valence-electron chi connectivity index (χ0n) is 17.2. The minimum Gasteiger partial charge on any atom is -0.351 e. The third-order valence-electron chi connectivity index (χ3n) is 5.96. The van der Waals surface area contributed by atoms with Crippen LogP contribution in [-0.4, -0.2) is 56.0 Å². The minimum atomic E-state index is -0.0571. The monoisotopic (exact) mass is 421 g/mol. The molecule has 2 aliphatic rings. The summed E-state index contributed by atoms with van der Waals surface area (Å²) in [5, 5.41) is 9.15. The summed E-state index contributed by atoms with van der Waals surface area (Å²) in [6, 6.07) is 8.21. The number of aryl methyl sites for hydroxylation is 1. The predicted molar refractivity (Wildman–Crippen MR) is 117 cm³/mol. The van der Waals surface area contributed by atoms with Crippen molar-refractivity contribution in [3.8, 4) is 11.4 Å². The van der Waals surface area contributed by atoms with Crippen molar-refractivity contribution in [2.24, 2.45) is 7.05 Å². The van der Waals surface area contributed by atoms with Crippen LogP contribution in [0.4, 0.5) is 11.5 Å². The first kappa shape index (κ1) is 19.0. The van der Waals surface area contributed by atoms with Crippen molar-refractivity contribution in [3.63, 3.8) is 0 Å². The first-order valence-corrected chi connectivity index (χ1v) is 11.2. The third-order valence-corrected chi connectivity index (χ3v) is 6.52. The number of rotatable bonds is 3. The first-order chi connectivity index (χ1) is 14.6. The van der Waals surface area contributed by atoms with E-state index in [9.17, 15) is 4.79 Å². The highest BCUT2D eigenvalue weighted by Crippen LogP contribution is 2.35. The average molecular weight is 422 g/mol. The Labute approximate surface area is 179 Å². The van der Waals surface area contributed by atoms with Gasteiger partial charge in [0, 0.05) is 43.6 Å². The Bertz CT molecular complexity index is 1130. The summed E-state index contributed by atoms with van der Waals surface area (Å²) in [5.74, 6) is 2.34. The number of carbonyl (C=O) groups excluding carboxylic acids is 1. The number of nitrogens with zero attached hydrogens (tertiary/aromatic N) is 7. The van der Waals surface area contributed by atoms with Crippen molar-refractivity contribution in [3.05, 3.63) is 41.9 Å². The van der Waals surface area contributed by atoms with Gasteiger partial charge in [-0.1, -0.05) is 23.9 Å². The Hall–Kier alpha value is -2.94. The van der Waals surface area contributed by atoms with Crippen LogP contribution >= 0.6 is 11.8 Å². The molecule has 1 aromatic carbocycles. The van der Waals surface area contributed by atoms with E-state index in [2.05, 4.69) is 20.1 Å². The van der Waals surface area contributed by atoms with Gasteiger partial charge >= 0.3 is 0 Å². The Kier molecular flexibility index (Phi) is 4.69. The van der Waals surface area contributed by atoms with Crippen LogP contribution in [0.25, 0.3) is 11.4 Å². The Morgan fingerprint density at radius 2 is 2.10 bits per heavy atom. The lowest BCUT2D eigenvalue weighted by Gasteiger charge is -2.27. The van der Waals surface area contributed by atoms with Gasteiger partial charge in [-0.2, -0.15) is 0 Å². The quantitative estimate of drug-likeness (QED) is 0.475. The fourth-order valence-corrected chi connectivity index (χ4v) is 4.60. The number of amides is 1. The lowest BCUT2D eigenvalue weighted by molar-refractivity contribution is 0.0988. The third kappa shape index (κ3) is 3.04. The Morgan fingerprint density at radius 1 is 1.23 bits per heavy atom. The van der Waals surface area contributed by atoms with Gasteiger partial charge in [-0.25, -0.2) is 9.97 Å². The molecule has 4 heterocycles. The van der Waals surface area contributed by atoms with E-state index in [1.54, 1.807) is 6.20 Å². The van der Waals surface area contributed by atoms with Gasteiger partial charge in [-0.3, -0.25) is 4.79 Å². The van der Waals surface area contributed by atoms with E-state index in [0.717, 1.165) is 48.1 Å². The molecule has 154 valence electrons. The predicted octanol–water partition coefficient (Wildman–Crippen LogP) is 2.93. The van der Waals surface area contributed by atoms with Gasteiger partial charge in [0.05, 0.1) is 0 Å². The van der Waals surface area contributed by atoms with Gasteiger partial charge in [-0.05, 0) is 38.2 Å². The highest BCUT2D eigenvalue weighted by molar-refractivity contribution is 7.98. The molecule has 0 bridgehead atoms. The summed E-state index contributed by atoms with van der Waals surface area (Å²) in [7, 11) is 1.95. The molecule has 0 aliphatic carbocycles. The zero-order valence-corrected chi connectivity index (χ0v) is 18.1. The number of hydrogen-bond acceptors (Lipinski definition) is 7. The lowest BCUT2D eigenvalue weighted by atomic mass is 10.1. The summed E-state index contributed by atoms with van der Waals surface area (Å²) in [5.41, 5.74) is 2.36. The highest BCUT2D eigenvalue weighted by atomic mass is 32.2. The summed E-state index contributed by atoms with van der Waals surface area (Å²) in [4.78, 5) is 26.8. The maximum Gasteiger partial charge on any atom is 0.263 e. The van der Waals surface area contributed by atoms with E-state index in [-0.39, 0.29) is 11.9 Å².